The normalized spacial score (nSPS) is 11.8. The highest BCUT2D eigenvalue weighted by molar-refractivity contribution is 6.22. The summed E-state index contributed by atoms with van der Waals surface area (Å²) in [6.45, 7) is 0. The van der Waals surface area contributed by atoms with E-state index in [1.165, 1.54) is 0 Å². The smallest absolute Gasteiger partial charge is 0.164 e. The van der Waals surface area contributed by atoms with E-state index in [9.17, 15) is 0 Å². The molecule has 0 saturated carbocycles. The quantitative estimate of drug-likeness (QED) is 0.176. The van der Waals surface area contributed by atoms with Gasteiger partial charge in [0.25, 0.3) is 0 Å². The molecule has 3 aromatic heterocycles. The lowest BCUT2D eigenvalue weighted by atomic mass is 9.93. The third kappa shape index (κ3) is 5.07. The molecule has 0 amide bonds. The van der Waals surface area contributed by atoms with Crippen molar-refractivity contribution in [2.45, 2.75) is 0 Å². The van der Waals surface area contributed by atoms with Crippen LogP contribution >= 0.6 is 0 Å². The number of nitrogens with zero attached hydrogens (tertiary/aromatic N) is 3. The summed E-state index contributed by atoms with van der Waals surface area (Å²) in [6.07, 6.45) is 0. The Bertz CT molecular complexity index is 3570. The first-order chi connectivity index (χ1) is 28.7. The molecule has 12 aromatic rings. The van der Waals surface area contributed by atoms with Gasteiger partial charge in [-0.3, -0.25) is 0 Å². The summed E-state index contributed by atoms with van der Waals surface area (Å²) in [5.41, 5.74) is 10.6. The van der Waals surface area contributed by atoms with Crippen molar-refractivity contribution < 1.29 is 8.83 Å². The van der Waals surface area contributed by atoms with Gasteiger partial charge in [-0.2, -0.15) is 0 Å². The second kappa shape index (κ2) is 12.8. The Balaban J connectivity index is 1.10. The predicted octanol–water partition coefficient (Wildman–Crippen LogP) is 14.3. The van der Waals surface area contributed by atoms with E-state index < -0.39 is 0 Å². The van der Waals surface area contributed by atoms with Gasteiger partial charge in [-0.25, -0.2) is 15.0 Å². The molecule has 270 valence electrons. The van der Waals surface area contributed by atoms with E-state index in [-0.39, 0.29) is 0 Å². The first-order valence-corrected chi connectivity index (χ1v) is 19.4. The number of benzene rings is 9. The first-order valence-electron chi connectivity index (χ1n) is 19.4. The summed E-state index contributed by atoms with van der Waals surface area (Å²) in [6, 6.07) is 65.0. The molecule has 5 heteroatoms. The molecule has 0 aliphatic heterocycles. The van der Waals surface area contributed by atoms with Gasteiger partial charge in [-0.05, 0) is 68.1 Å². The van der Waals surface area contributed by atoms with Crippen molar-refractivity contribution in [2.75, 3.05) is 0 Å². The van der Waals surface area contributed by atoms with Crippen molar-refractivity contribution in [3.8, 4) is 56.4 Å². The second-order valence-electron chi connectivity index (χ2n) is 14.7. The fourth-order valence-electron chi connectivity index (χ4n) is 8.70. The van der Waals surface area contributed by atoms with E-state index in [2.05, 4.69) is 152 Å². The maximum Gasteiger partial charge on any atom is 0.164 e. The lowest BCUT2D eigenvalue weighted by Gasteiger charge is -2.14. The number of furan rings is 2. The van der Waals surface area contributed by atoms with E-state index in [4.69, 9.17) is 23.8 Å². The van der Waals surface area contributed by atoms with Crippen LogP contribution in [0.2, 0.25) is 0 Å². The van der Waals surface area contributed by atoms with Gasteiger partial charge in [0.15, 0.2) is 17.5 Å². The molecule has 5 nitrogen and oxygen atoms in total. The number of hydrogen-bond donors (Lipinski definition) is 0. The summed E-state index contributed by atoms with van der Waals surface area (Å²) in [5, 5.41) is 8.65. The second-order valence-corrected chi connectivity index (χ2v) is 14.7. The third-order valence-electron chi connectivity index (χ3n) is 11.4. The summed E-state index contributed by atoms with van der Waals surface area (Å²) < 4.78 is 12.8. The number of rotatable bonds is 5. The highest BCUT2D eigenvalue weighted by Crippen LogP contribution is 2.43. The van der Waals surface area contributed by atoms with Gasteiger partial charge >= 0.3 is 0 Å². The molecule has 0 aliphatic rings. The fraction of sp³-hybridized carbons (Fsp3) is 0. The molecule has 0 bridgehead atoms. The van der Waals surface area contributed by atoms with Crippen molar-refractivity contribution in [1.82, 2.24) is 15.0 Å². The number of para-hydroxylation sites is 2. The maximum atomic E-state index is 6.49. The van der Waals surface area contributed by atoms with Crippen LogP contribution < -0.4 is 0 Å². The molecule has 58 heavy (non-hydrogen) atoms. The van der Waals surface area contributed by atoms with E-state index in [0.717, 1.165) is 104 Å². The van der Waals surface area contributed by atoms with Crippen LogP contribution in [0.3, 0.4) is 0 Å². The van der Waals surface area contributed by atoms with Crippen LogP contribution in [0.15, 0.2) is 197 Å². The molecule has 0 N–H and O–H groups in total. The zero-order chi connectivity index (χ0) is 38.2. The van der Waals surface area contributed by atoms with Crippen molar-refractivity contribution in [1.29, 1.82) is 0 Å². The molecular weight excluding hydrogens is 711 g/mol. The standard InChI is InChI=1S/C53H31N3O2/c1-2-13-32(14-3-1)33-27-29-34(30-28-33)51-54-52(56-53(55-51)44-31-48-50(39-16-5-4-15-38(39)44)43-18-7-9-25-46(43)58-48)41-23-11-19-35-36(20-10-21-37(35)41)40-22-12-26-47-49(40)42-17-6-8-24-45(42)57-47/h1-31H. The minimum atomic E-state index is 0.577. The highest BCUT2D eigenvalue weighted by atomic mass is 16.3. The van der Waals surface area contributed by atoms with E-state index in [1.54, 1.807) is 0 Å². The molecule has 0 radical (unpaired) electrons. The van der Waals surface area contributed by atoms with Crippen LogP contribution in [0.4, 0.5) is 0 Å². The van der Waals surface area contributed by atoms with Gasteiger partial charge in [-0.1, -0.05) is 164 Å². The van der Waals surface area contributed by atoms with Crippen LogP contribution in [0, 0.1) is 0 Å². The Hall–Kier alpha value is -7.89. The summed E-state index contributed by atoms with van der Waals surface area (Å²) in [7, 11) is 0. The lowest BCUT2D eigenvalue weighted by Crippen LogP contribution is -2.01. The van der Waals surface area contributed by atoms with Gasteiger partial charge in [0, 0.05) is 38.2 Å². The molecule has 0 spiro atoms. The van der Waals surface area contributed by atoms with Crippen molar-refractivity contribution in [3.63, 3.8) is 0 Å². The Morgan fingerprint density at radius 1 is 0.259 bits per heavy atom. The van der Waals surface area contributed by atoms with Gasteiger partial charge in [-0.15, -0.1) is 0 Å². The Kier molecular flexibility index (Phi) is 7.16. The van der Waals surface area contributed by atoms with Crippen molar-refractivity contribution in [2.24, 2.45) is 0 Å². The third-order valence-corrected chi connectivity index (χ3v) is 11.4. The molecule has 0 saturated heterocycles. The minimum absolute atomic E-state index is 0.577. The summed E-state index contributed by atoms with van der Waals surface area (Å²) in [4.78, 5) is 15.8. The van der Waals surface area contributed by atoms with E-state index in [0.29, 0.717) is 17.5 Å². The van der Waals surface area contributed by atoms with Gasteiger partial charge in [0.1, 0.15) is 22.3 Å². The molecule has 0 aliphatic carbocycles. The molecule has 0 atom stereocenters. The number of fused-ring (bicyclic) bond motifs is 9. The van der Waals surface area contributed by atoms with Crippen LogP contribution in [-0.2, 0) is 0 Å². The van der Waals surface area contributed by atoms with E-state index in [1.807, 2.05) is 36.4 Å². The summed E-state index contributed by atoms with van der Waals surface area (Å²) >= 11 is 0. The van der Waals surface area contributed by atoms with Crippen molar-refractivity contribution in [3.05, 3.63) is 188 Å². The zero-order valence-corrected chi connectivity index (χ0v) is 31.1. The van der Waals surface area contributed by atoms with Gasteiger partial charge in [0.05, 0.1) is 0 Å². The minimum Gasteiger partial charge on any atom is -0.456 e. The maximum absolute atomic E-state index is 6.49. The average molecular weight is 742 g/mol. The monoisotopic (exact) mass is 741 g/mol. The topological polar surface area (TPSA) is 65.0 Å². The Labute approximate surface area is 332 Å². The van der Waals surface area contributed by atoms with Crippen LogP contribution in [0.25, 0.3) is 122 Å². The SMILES string of the molecule is c1ccc(-c2ccc(-c3nc(-c4cccc5c(-c6cccc7oc8ccccc8c67)cccc45)nc(-c4cc5oc6ccccc6c5c5ccccc45)n3)cc2)cc1. The number of hydrogen-bond acceptors (Lipinski definition) is 5. The van der Waals surface area contributed by atoms with Crippen LogP contribution in [0.1, 0.15) is 0 Å². The predicted molar refractivity (Wildman–Crippen MR) is 237 cm³/mol. The van der Waals surface area contributed by atoms with Gasteiger partial charge in [0.2, 0.25) is 0 Å². The van der Waals surface area contributed by atoms with Crippen LogP contribution in [0.5, 0.6) is 0 Å². The average Bonchev–Trinajstić information content (AvgIpc) is 3.87. The molecule has 0 fully saturated rings. The van der Waals surface area contributed by atoms with E-state index >= 15 is 0 Å². The van der Waals surface area contributed by atoms with Crippen molar-refractivity contribution >= 4 is 65.4 Å². The highest BCUT2D eigenvalue weighted by Gasteiger charge is 2.21. The molecular formula is C53H31N3O2. The first kappa shape index (κ1) is 32.4. The van der Waals surface area contributed by atoms with Gasteiger partial charge < -0.3 is 8.83 Å². The fourth-order valence-corrected chi connectivity index (χ4v) is 8.70. The molecule has 0 unspecified atom stereocenters. The number of aromatic nitrogens is 3. The van der Waals surface area contributed by atoms with Crippen LogP contribution in [-0.4, -0.2) is 15.0 Å². The molecule has 3 heterocycles. The zero-order valence-electron chi connectivity index (χ0n) is 31.1. The lowest BCUT2D eigenvalue weighted by molar-refractivity contribution is 0.668. The molecule has 9 aromatic carbocycles. The summed E-state index contributed by atoms with van der Waals surface area (Å²) in [5.74, 6) is 1.76. The Morgan fingerprint density at radius 3 is 1.48 bits per heavy atom. The molecule has 12 rings (SSSR count). The Morgan fingerprint density at radius 2 is 0.724 bits per heavy atom. The largest absolute Gasteiger partial charge is 0.456 e.